The van der Waals surface area contributed by atoms with Crippen LogP contribution in [-0.2, 0) is 4.79 Å². The number of hydrogen-bond donors (Lipinski definition) is 4. The number of hydroxylamine groups is 1. The minimum absolute atomic E-state index is 0.161. The van der Waals surface area contributed by atoms with Gasteiger partial charge in [0.05, 0.1) is 5.41 Å². The van der Waals surface area contributed by atoms with E-state index in [1.165, 1.54) is 5.48 Å². The summed E-state index contributed by atoms with van der Waals surface area (Å²) in [5.74, 6) is -1.61. The molecule has 0 bridgehead atoms. The second kappa shape index (κ2) is 9.11. The molecular formula is C21H24F2N2O4. The Labute approximate surface area is 167 Å². The Balaban J connectivity index is 2.05. The van der Waals surface area contributed by atoms with Gasteiger partial charge in [-0.25, -0.2) is 14.3 Å². The van der Waals surface area contributed by atoms with Crippen LogP contribution in [0, 0.1) is 5.41 Å². The molecule has 156 valence electrons. The van der Waals surface area contributed by atoms with Crippen molar-refractivity contribution in [3.63, 3.8) is 0 Å². The number of amides is 2. The summed E-state index contributed by atoms with van der Waals surface area (Å²) in [5.41, 5.74) is -1.13. The average Bonchev–Trinajstić information content (AvgIpc) is 2.73. The zero-order chi connectivity index (χ0) is 21.7. The highest BCUT2D eigenvalue weighted by atomic mass is 19.3. The number of halogens is 2. The Kier molecular flexibility index (Phi) is 7.05. The zero-order valence-corrected chi connectivity index (χ0v) is 16.2. The van der Waals surface area contributed by atoms with Gasteiger partial charge >= 0.3 is 0 Å². The highest BCUT2D eigenvalue weighted by Gasteiger charge is 2.54. The minimum atomic E-state index is -3.23. The van der Waals surface area contributed by atoms with Crippen molar-refractivity contribution < 1.29 is 28.7 Å². The van der Waals surface area contributed by atoms with Gasteiger partial charge in [-0.3, -0.25) is 14.8 Å². The van der Waals surface area contributed by atoms with Crippen LogP contribution in [-0.4, -0.2) is 40.7 Å². The van der Waals surface area contributed by atoms with Crippen molar-refractivity contribution in [1.82, 2.24) is 10.8 Å². The van der Waals surface area contributed by atoms with Gasteiger partial charge < -0.3 is 10.4 Å². The molecule has 8 heteroatoms. The first-order valence-corrected chi connectivity index (χ1v) is 9.02. The van der Waals surface area contributed by atoms with Gasteiger partial charge in [0.25, 0.3) is 18.2 Å². The molecule has 4 N–H and O–H groups in total. The maximum Gasteiger partial charge on any atom is 0.267 e. The number of aliphatic hydroxyl groups is 1. The van der Waals surface area contributed by atoms with Crippen molar-refractivity contribution in [2.75, 3.05) is 6.54 Å². The van der Waals surface area contributed by atoms with E-state index in [1.54, 1.807) is 24.3 Å². The topological polar surface area (TPSA) is 98.7 Å². The lowest BCUT2D eigenvalue weighted by atomic mass is 9.71. The number of rotatable bonds is 8. The molecule has 29 heavy (non-hydrogen) atoms. The molecule has 2 amide bonds. The molecule has 6 nitrogen and oxygen atoms in total. The van der Waals surface area contributed by atoms with E-state index in [0.29, 0.717) is 5.56 Å². The van der Waals surface area contributed by atoms with E-state index >= 15 is 0 Å². The van der Waals surface area contributed by atoms with Gasteiger partial charge in [-0.2, -0.15) is 0 Å². The SMILES string of the molecule is CC(CCNC(=O)c1ccc(-c2ccccc2)cc1)(C(=O)NO)C(C)(O)C(F)F. The second-order valence-electron chi connectivity index (χ2n) is 7.17. The number of alkyl halides is 2. The van der Waals surface area contributed by atoms with E-state index < -0.39 is 29.3 Å². The lowest BCUT2D eigenvalue weighted by molar-refractivity contribution is -0.182. The normalized spacial score (nSPS) is 15.3. The van der Waals surface area contributed by atoms with Gasteiger partial charge in [0.15, 0.2) is 0 Å². The summed E-state index contributed by atoms with van der Waals surface area (Å²) in [6, 6.07) is 16.4. The molecular weight excluding hydrogens is 382 g/mol. The molecule has 2 aromatic carbocycles. The van der Waals surface area contributed by atoms with Crippen LogP contribution in [0.1, 0.15) is 30.6 Å². The van der Waals surface area contributed by atoms with E-state index in [1.807, 2.05) is 30.3 Å². The molecule has 0 saturated carbocycles. The summed E-state index contributed by atoms with van der Waals surface area (Å²) in [4.78, 5) is 24.3. The zero-order valence-electron chi connectivity index (χ0n) is 16.2. The number of carbonyl (C=O) groups excluding carboxylic acids is 2. The quantitative estimate of drug-likeness (QED) is 0.400. The van der Waals surface area contributed by atoms with Crippen molar-refractivity contribution in [1.29, 1.82) is 0 Å². The van der Waals surface area contributed by atoms with Crippen LogP contribution in [0.15, 0.2) is 54.6 Å². The molecule has 0 spiro atoms. The summed E-state index contributed by atoms with van der Waals surface area (Å²) in [6.45, 7) is 1.76. The number of hydrogen-bond acceptors (Lipinski definition) is 4. The van der Waals surface area contributed by atoms with E-state index in [2.05, 4.69) is 5.32 Å². The fourth-order valence-electron chi connectivity index (χ4n) is 2.93. The maximum absolute atomic E-state index is 13.2. The van der Waals surface area contributed by atoms with Crippen LogP contribution in [0.3, 0.4) is 0 Å². The monoisotopic (exact) mass is 406 g/mol. The van der Waals surface area contributed by atoms with E-state index in [4.69, 9.17) is 5.21 Å². The number of benzene rings is 2. The Bertz CT molecular complexity index is 842. The highest BCUT2D eigenvalue weighted by Crippen LogP contribution is 2.39. The lowest BCUT2D eigenvalue weighted by Crippen LogP contribution is -2.58. The van der Waals surface area contributed by atoms with Crippen molar-refractivity contribution in [3.8, 4) is 11.1 Å². The van der Waals surface area contributed by atoms with Gasteiger partial charge in [-0.15, -0.1) is 0 Å². The number of nitrogens with one attached hydrogen (secondary N) is 2. The summed E-state index contributed by atoms with van der Waals surface area (Å²) in [6.07, 6.45) is -3.55. The van der Waals surface area contributed by atoms with Crippen LogP contribution >= 0.6 is 0 Å². The van der Waals surface area contributed by atoms with Crippen LogP contribution < -0.4 is 10.8 Å². The van der Waals surface area contributed by atoms with E-state index in [-0.39, 0.29) is 13.0 Å². The molecule has 0 aromatic heterocycles. The Morgan fingerprint density at radius 3 is 2.07 bits per heavy atom. The van der Waals surface area contributed by atoms with Crippen LogP contribution in [0.5, 0.6) is 0 Å². The lowest BCUT2D eigenvalue weighted by Gasteiger charge is -2.40. The average molecular weight is 406 g/mol. The van der Waals surface area contributed by atoms with Gasteiger partial charge in [-0.05, 0) is 43.5 Å². The van der Waals surface area contributed by atoms with Crippen molar-refractivity contribution in [2.45, 2.75) is 32.3 Å². The second-order valence-corrected chi connectivity index (χ2v) is 7.17. The number of carbonyl (C=O) groups is 2. The van der Waals surface area contributed by atoms with Gasteiger partial charge in [0.2, 0.25) is 0 Å². The molecule has 2 aromatic rings. The predicted octanol–water partition coefficient (Wildman–Crippen LogP) is 3.00. The van der Waals surface area contributed by atoms with E-state index in [9.17, 15) is 23.5 Å². The van der Waals surface area contributed by atoms with E-state index in [0.717, 1.165) is 25.0 Å². The van der Waals surface area contributed by atoms with Gasteiger partial charge in [-0.1, -0.05) is 42.5 Å². The molecule has 0 radical (unpaired) electrons. The summed E-state index contributed by atoms with van der Waals surface area (Å²) >= 11 is 0. The summed E-state index contributed by atoms with van der Waals surface area (Å²) in [7, 11) is 0. The molecule has 0 aliphatic carbocycles. The Hall–Kier alpha value is -2.84. The molecule has 2 unspecified atom stereocenters. The maximum atomic E-state index is 13.2. The van der Waals surface area contributed by atoms with Crippen molar-refractivity contribution >= 4 is 11.8 Å². The molecule has 0 aliphatic rings. The first-order chi connectivity index (χ1) is 13.6. The van der Waals surface area contributed by atoms with Crippen molar-refractivity contribution in [3.05, 3.63) is 60.2 Å². The third kappa shape index (κ3) is 4.78. The smallest absolute Gasteiger partial charge is 0.267 e. The largest absolute Gasteiger partial charge is 0.383 e. The summed E-state index contributed by atoms with van der Waals surface area (Å²) in [5, 5.41) is 21.5. The minimum Gasteiger partial charge on any atom is -0.383 e. The predicted molar refractivity (Wildman–Crippen MR) is 103 cm³/mol. The fourth-order valence-corrected chi connectivity index (χ4v) is 2.93. The Morgan fingerprint density at radius 1 is 1.00 bits per heavy atom. The molecule has 0 heterocycles. The standard InChI is InChI=1S/C21H24F2N2O4/c1-20(19(27)25-29,21(2,28)18(22)23)12-13-24-17(26)16-10-8-15(9-11-16)14-6-4-3-5-7-14/h3-11,18,28-29H,12-13H2,1-2H3,(H,24,26)(H,25,27). The molecule has 0 fully saturated rings. The third-order valence-corrected chi connectivity index (χ3v) is 5.31. The van der Waals surface area contributed by atoms with Gasteiger partial charge in [0, 0.05) is 12.1 Å². The molecule has 0 aliphatic heterocycles. The third-order valence-electron chi connectivity index (χ3n) is 5.31. The van der Waals surface area contributed by atoms with Crippen molar-refractivity contribution in [2.24, 2.45) is 5.41 Å². The molecule has 2 rings (SSSR count). The highest BCUT2D eigenvalue weighted by molar-refractivity contribution is 5.94. The first-order valence-electron chi connectivity index (χ1n) is 9.02. The Morgan fingerprint density at radius 2 is 1.55 bits per heavy atom. The molecule has 2 atom stereocenters. The summed E-state index contributed by atoms with van der Waals surface area (Å²) < 4.78 is 26.5. The van der Waals surface area contributed by atoms with Crippen LogP contribution in [0.2, 0.25) is 0 Å². The van der Waals surface area contributed by atoms with Crippen LogP contribution in [0.25, 0.3) is 11.1 Å². The fraction of sp³-hybridized carbons (Fsp3) is 0.333. The first kappa shape index (κ1) is 22.4. The van der Waals surface area contributed by atoms with Crippen LogP contribution in [0.4, 0.5) is 8.78 Å². The molecule has 0 saturated heterocycles. The van der Waals surface area contributed by atoms with Gasteiger partial charge in [0.1, 0.15) is 5.60 Å².